The van der Waals surface area contributed by atoms with Crippen LogP contribution in [0.25, 0.3) is 0 Å². The second kappa shape index (κ2) is 4.55. The molecule has 0 aliphatic heterocycles. The average Bonchev–Trinajstić information content (AvgIpc) is 2.15. The molecule has 5 heteroatoms. The molecule has 0 unspecified atom stereocenters. The Hall–Kier alpha value is -1.65. The van der Waals surface area contributed by atoms with E-state index in [9.17, 15) is 4.79 Å². The lowest BCUT2D eigenvalue weighted by Gasteiger charge is -2.03. The molecule has 0 amide bonds. The smallest absolute Gasteiger partial charge is 0.356 e. The van der Waals surface area contributed by atoms with Gasteiger partial charge >= 0.3 is 5.97 Å². The number of hydrogen-bond donors (Lipinski definition) is 2. The van der Waals surface area contributed by atoms with Gasteiger partial charge in [0.05, 0.1) is 11.9 Å². The van der Waals surface area contributed by atoms with Gasteiger partial charge in [-0.1, -0.05) is 13.3 Å². The lowest BCUT2D eigenvalue weighted by Crippen LogP contribution is -2.08. The first-order valence-corrected chi connectivity index (χ1v) is 4.49. The highest BCUT2D eigenvalue weighted by molar-refractivity contribution is 5.85. The van der Waals surface area contributed by atoms with E-state index in [1.165, 1.54) is 6.20 Å². The first kappa shape index (κ1) is 10.4. The topological polar surface area (TPSA) is 89.1 Å². The predicted molar refractivity (Wildman–Crippen MR) is 52.0 cm³/mol. The molecular weight excluding hydrogens is 182 g/mol. The Bertz CT molecular complexity index is 339. The second-order valence-electron chi connectivity index (χ2n) is 3.00. The summed E-state index contributed by atoms with van der Waals surface area (Å²) in [6.07, 6.45) is 4.01. The molecule has 0 saturated carbocycles. The number of nitrogen functional groups attached to an aromatic ring is 1. The van der Waals surface area contributed by atoms with Gasteiger partial charge in [0.15, 0.2) is 5.69 Å². The van der Waals surface area contributed by atoms with Gasteiger partial charge in [0.2, 0.25) is 0 Å². The third kappa shape index (κ3) is 2.42. The number of unbranched alkanes of at least 4 members (excludes halogenated alkanes) is 1. The van der Waals surface area contributed by atoms with Crippen LogP contribution in [0.15, 0.2) is 6.20 Å². The van der Waals surface area contributed by atoms with E-state index in [0.717, 1.165) is 19.3 Å². The molecule has 5 nitrogen and oxygen atoms in total. The van der Waals surface area contributed by atoms with Crippen molar-refractivity contribution in [2.24, 2.45) is 0 Å². The molecule has 3 N–H and O–H groups in total. The van der Waals surface area contributed by atoms with Gasteiger partial charge in [-0.15, -0.1) is 0 Å². The minimum Gasteiger partial charge on any atom is -0.476 e. The van der Waals surface area contributed by atoms with Crippen molar-refractivity contribution >= 4 is 11.8 Å². The van der Waals surface area contributed by atoms with Gasteiger partial charge < -0.3 is 10.8 Å². The third-order valence-electron chi connectivity index (χ3n) is 1.87. The summed E-state index contributed by atoms with van der Waals surface area (Å²) in [6.45, 7) is 2.06. The molecule has 1 rings (SSSR count). The maximum absolute atomic E-state index is 10.5. The Morgan fingerprint density at radius 1 is 1.64 bits per heavy atom. The van der Waals surface area contributed by atoms with Crippen molar-refractivity contribution in [3.05, 3.63) is 17.6 Å². The van der Waals surface area contributed by atoms with Gasteiger partial charge in [0.1, 0.15) is 5.82 Å². The summed E-state index contributed by atoms with van der Waals surface area (Å²) in [4.78, 5) is 18.2. The highest BCUT2D eigenvalue weighted by Gasteiger charge is 2.08. The lowest BCUT2D eigenvalue weighted by atomic mass is 10.2. The Balaban J connectivity index is 2.84. The fourth-order valence-electron chi connectivity index (χ4n) is 1.07. The molecule has 0 fully saturated rings. The van der Waals surface area contributed by atoms with Crippen LogP contribution in [-0.2, 0) is 6.42 Å². The summed E-state index contributed by atoms with van der Waals surface area (Å²) in [6, 6.07) is 0. The fraction of sp³-hybridized carbons (Fsp3) is 0.444. The van der Waals surface area contributed by atoms with Crippen molar-refractivity contribution < 1.29 is 9.90 Å². The molecular formula is C9H13N3O2. The molecule has 14 heavy (non-hydrogen) atoms. The zero-order chi connectivity index (χ0) is 10.6. The number of hydrogen-bond acceptors (Lipinski definition) is 4. The zero-order valence-electron chi connectivity index (χ0n) is 8.03. The summed E-state index contributed by atoms with van der Waals surface area (Å²) in [5.41, 5.74) is 6.13. The van der Waals surface area contributed by atoms with Crippen molar-refractivity contribution in [3.63, 3.8) is 0 Å². The Kier molecular flexibility index (Phi) is 3.39. The van der Waals surface area contributed by atoms with E-state index < -0.39 is 5.97 Å². The SMILES string of the molecule is CCCCc1ncc(C(=O)O)nc1N. The quantitative estimate of drug-likeness (QED) is 0.750. The second-order valence-corrected chi connectivity index (χ2v) is 3.00. The largest absolute Gasteiger partial charge is 0.476 e. The summed E-state index contributed by atoms with van der Waals surface area (Å²) < 4.78 is 0. The van der Waals surface area contributed by atoms with Crippen molar-refractivity contribution in [1.82, 2.24) is 9.97 Å². The summed E-state index contributed by atoms with van der Waals surface area (Å²) in [5.74, 6) is -0.885. The molecule has 1 aromatic heterocycles. The van der Waals surface area contributed by atoms with Gasteiger partial charge in [-0.25, -0.2) is 9.78 Å². The number of nitrogens with zero attached hydrogens (tertiary/aromatic N) is 2. The number of carbonyl (C=O) groups is 1. The monoisotopic (exact) mass is 195 g/mol. The highest BCUT2D eigenvalue weighted by atomic mass is 16.4. The van der Waals surface area contributed by atoms with Gasteiger partial charge in [-0.2, -0.15) is 0 Å². The summed E-state index contributed by atoms with van der Waals surface area (Å²) in [7, 11) is 0. The molecule has 0 aromatic carbocycles. The van der Waals surface area contributed by atoms with E-state index in [2.05, 4.69) is 16.9 Å². The van der Waals surface area contributed by atoms with Crippen LogP contribution in [0.2, 0.25) is 0 Å². The van der Waals surface area contributed by atoms with Crippen LogP contribution in [-0.4, -0.2) is 21.0 Å². The molecule has 1 heterocycles. The van der Waals surface area contributed by atoms with Crippen LogP contribution in [0.5, 0.6) is 0 Å². The molecule has 0 aliphatic rings. The zero-order valence-corrected chi connectivity index (χ0v) is 8.03. The third-order valence-corrected chi connectivity index (χ3v) is 1.87. The number of carboxylic acid groups (broad SMARTS) is 1. The number of rotatable bonds is 4. The van der Waals surface area contributed by atoms with Crippen molar-refractivity contribution in [3.8, 4) is 0 Å². The van der Waals surface area contributed by atoms with Crippen LogP contribution >= 0.6 is 0 Å². The number of aryl methyl sites for hydroxylation is 1. The van der Waals surface area contributed by atoms with E-state index >= 15 is 0 Å². The maximum Gasteiger partial charge on any atom is 0.356 e. The molecule has 0 saturated heterocycles. The highest BCUT2D eigenvalue weighted by Crippen LogP contribution is 2.09. The van der Waals surface area contributed by atoms with E-state index in [4.69, 9.17) is 10.8 Å². The molecule has 76 valence electrons. The van der Waals surface area contributed by atoms with Crippen LogP contribution in [0, 0.1) is 0 Å². The van der Waals surface area contributed by atoms with Crippen molar-refractivity contribution in [1.29, 1.82) is 0 Å². The molecule has 0 radical (unpaired) electrons. The van der Waals surface area contributed by atoms with Gasteiger partial charge in [0, 0.05) is 0 Å². The van der Waals surface area contributed by atoms with Crippen LogP contribution < -0.4 is 5.73 Å². The minimum atomic E-state index is -1.11. The maximum atomic E-state index is 10.5. The molecule has 0 atom stereocenters. The lowest BCUT2D eigenvalue weighted by molar-refractivity contribution is 0.0690. The summed E-state index contributed by atoms with van der Waals surface area (Å²) >= 11 is 0. The van der Waals surface area contributed by atoms with Gasteiger partial charge in [0.25, 0.3) is 0 Å². The number of aromatic carboxylic acids is 1. The Labute approximate surface area is 82.0 Å². The predicted octanol–water partition coefficient (Wildman–Crippen LogP) is 1.10. The number of carboxylic acids is 1. The molecule has 0 aliphatic carbocycles. The fourth-order valence-corrected chi connectivity index (χ4v) is 1.07. The van der Waals surface area contributed by atoms with Gasteiger partial charge in [-0.3, -0.25) is 4.98 Å². The number of anilines is 1. The molecule has 0 spiro atoms. The summed E-state index contributed by atoms with van der Waals surface area (Å²) in [5, 5.41) is 8.62. The molecule has 1 aromatic rings. The number of nitrogens with two attached hydrogens (primary N) is 1. The first-order chi connectivity index (χ1) is 6.65. The van der Waals surface area contributed by atoms with E-state index in [1.54, 1.807) is 0 Å². The first-order valence-electron chi connectivity index (χ1n) is 4.49. The van der Waals surface area contributed by atoms with Crippen LogP contribution in [0.4, 0.5) is 5.82 Å². The van der Waals surface area contributed by atoms with E-state index in [1.807, 2.05) is 0 Å². The Morgan fingerprint density at radius 2 is 2.36 bits per heavy atom. The van der Waals surface area contributed by atoms with E-state index in [-0.39, 0.29) is 11.5 Å². The normalized spacial score (nSPS) is 10.1. The average molecular weight is 195 g/mol. The Morgan fingerprint density at radius 3 is 2.86 bits per heavy atom. The van der Waals surface area contributed by atoms with Crippen LogP contribution in [0.3, 0.4) is 0 Å². The van der Waals surface area contributed by atoms with Gasteiger partial charge in [-0.05, 0) is 12.8 Å². The standard InChI is InChI=1S/C9H13N3O2/c1-2-3-4-6-8(10)12-7(5-11-6)9(13)14/h5H,2-4H2,1H3,(H2,10,12)(H,13,14). The van der Waals surface area contributed by atoms with E-state index in [0.29, 0.717) is 5.69 Å². The van der Waals surface area contributed by atoms with Crippen molar-refractivity contribution in [2.45, 2.75) is 26.2 Å². The minimum absolute atomic E-state index is 0.109. The van der Waals surface area contributed by atoms with Crippen LogP contribution in [0.1, 0.15) is 35.9 Å². The van der Waals surface area contributed by atoms with Crippen molar-refractivity contribution in [2.75, 3.05) is 5.73 Å². The number of aromatic nitrogens is 2. The molecule has 0 bridgehead atoms.